The van der Waals surface area contributed by atoms with Crippen LogP contribution in [-0.4, -0.2) is 39.0 Å². The van der Waals surface area contributed by atoms with E-state index in [1.165, 1.54) is 6.08 Å². The van der Waals surface area contributed by atoms with E-state index in [1.54, 1.807) is 20.8 Å². The Morgan fingerprint density at radius 1 is 1.47 bits per heavy atom. The van der Waals surface area contributed by atoms with E-state index in [9.17, 15) is 13.2 Å². The fourth-order valence-electron chi connectivity index (χ4n) is 0.824. The van der Waals surface area contributed by atoms with Crippen molar-refractivity contribution >= 4 is 16.2 Å². The van der Waals surface area contributed by atoms with Crippen molar-refractivity contribution in [1.82, 2.24) is 5.32 Å². The van der Waals surface area contributed by atoms with E-state index in [0.717, 1.165) is 6.26 Å². The number of alkyl carbamates (subject to hydrolysis) is 1. The van der Waals surface area contributed by atoms with Crippen molar-refractivity contribution in [1.29, 1.82) is 0 Å². The molecule has 0 saturated heterocycles. The predicted octanol–water partition coefficient (Wildman–Crippen LogP) is 1.04. The van der Waals surface area contributed by atoms with Crippen LogP contribution in [-0.2, 0) is 19.0 Å². The first-order chi connectivity index (χ1) is 7.53. The Morgan fingerprint density at radius 2 is 2.00 bits per heavy atom. The summed E-state index contributed by atoms with van der Waals surface area (Å²) < 4.78 is 31.1. The summed E-state index contributed by atoms with van der Waals surface area (Å²) >= 11 is 0. The molecule has 0 fully saturated rings. The number of ether oxygens (including phenoxy) is 1. The van der Waals surface area contributed by atoms with Gasteiger partial charge in [-0.1, -0.05) is 6.08 Å². The van der Waals surface area contributed by atoms with Crippen LogP contribution in [0.2, 0.25) is 0 Å². The SMILES string of the molecule is C=C[C@H](COS(C)(=O)=O)NC(=O)OC(C)(C)C. The number of hydrogen-bond donors (Lipinski definition) is 1. The van der Waals surface area contributed by atoms with Crippen molar-refractivity contribution in [3.8, 4) is 0 Å². The predicted molar refractivity (Wildman–Crippen MR) is 64.2 cm³/mol. The molecule has 0 bridgehead atoms. The fourth-order valence-corrected chi connectivity index (χ4v) is 1.22. The first-order valence-electron chi connectivity index (χ1n) is 5.00. The molecule has 0 heterocycles. The lowest BCUT2D eigenvalue weighted by Gasteiger charge is -2.21. The molecular weight excluding hydrogens is 246 g/mol. The van der Waals surface area contributed by atoms with E-state index < -0.39 is 27.9 Å². The van der Waals surface area contributed by atoms with E-state index in [2.05, 4.69) is 16.1 Å². The standard InChI is InChI=1S/C10H19NO5S/c1-6-8(7-15-17(5,13)14)11-9(12)16-10(2,3)4/h6,8H,1,7H2,2-5H3,(H,11,12)/t8-/m1/s1. The molecule has 0 saturated carbocycles. The molecule has 0 aromatic heterocycles. The van der Waals surface area contributed by atoms with Gasteiger partial charge in [0.15, 0.2) is 0 Å². The number of amides is 1. The number of carbonyl (C=O) groups excluding carboxylic acids is 1. The molecule has 0 aliphatic rings. The molecular formula is C10H19NO5S. The smallest absolute Gasteiger partial charge is 0.408 e. The van der Waals surface area contributed by atoms with Gasteiger partial charge in [-0.25, -0.2) is 4.79 Å². The number of carbonyl (C=O) groups is 1. The van der Waals surface area contributed by atoms with Crippen LogP contribution in [0, 0.1) is 0 Å². The molecule has 0 aromatic carbocycles. The summed E-state index contributed by atoms with van der Waals surface area (Å²) in [5.41, 5.74) is -0.618. The molecule has 0 unspecified atom stereocenters. The summed E-state index contributed by atoms with van der Waals surface area (Å²) in [4.78, 5) is 11.4. The molecule has 0 radical (unpaired) electrons. The van der Waals surface area contributed by atoms with Gasteiger partial charge in [-0.15, -0.1) is 6.58 Å². The maximum atomic E-state index is 11.4. The van der Waals surface area contributed by atoms with Crippen LogP contribution in [0.25, 0.3) is 0 Å². The Labute approximate surface area is 102 Å². The highest BCUT2D eigenvalue weighted by Crippen LogP contribution is 2.07. The van der Waals surface area contributed by atoms with Gasteiger partial charge in [0.25, 0.3) is 10.1 Å². The quantitative estimate of drug-likeness (QED) is 0.593. The van der Waals surface area contributed by atoms with Crippen molar-refractivity contribution < 1.29 is 22.1 Å². The van der Waals surface area contributed by atoms with E-state index in [-0.39, 0.29) is 6.61 Å². The van der Waals surface area contributed by atoms with Crippen LogP contribution in [0.4, 0.5) is 4.79 Å². The van der Waals surface area contributed by atoms with Gasteiger partial charge in [-0.3, -0.25) is 4.18 Å². The maximum absolute atomic E-state index is 11.4. The summed E-state index contributed by atoms with van der Waals surface area (Å²) in [7, 11) is -3.54. The highest BCUT2D eigenvalue weighted by atomic mass is 32.2. The van der Waals surface area contributed by atoms with Crippen molar-refractivity contribution in [2.45, 2.75) is 32.4 Å². The van der Waals surface area contributed by atoms with Crippen molar-refractivity contribution in [3.63, 3.8) is 0 Å². The molecule has 1 amide bonds. The van der Waals surface area contributed by atoms with Gasteiger partial charge < -0.3 is 10.1 Å². The summed E-state index contributed by atoms with van der Waals surface area (Å²) in [5, 5.41) is 2.43. The zero-order valence-corrected chi connectivity index (χ0v) is 11.3. The maximum Gasteiger partial charge on any atom is 0.408 e. The third-order valence-corrected chi connectivity index (χ3v) is 2.01. The average Bonchev–Trinajstić information content (AvgIpc) is 2.07. The number of nitrogens with one attached hydrogen (secondary N) is 1. The van der Waals surface area contributed by atoms with Gasteiger partial charge in [0.05, 0.1) is 18.9 Å². The highest BCUT2D eigenvalue weighted by molar-refractivity contribution is 7.85. The van der Waals surface area contributed by atoms with Crippen LogP contribution in [0.15, 0.2) is 12.7 Å². The van der Waals surface area contributed by atoms with Crippen LogP contribution in [0.5, 0.6) is 0 Å². The normalized spacial score (nSPS) is 13.9. The van der Waals surface area contributed by atoms with E-state index in [0.29, 0.717) is 0 Å². The third kappa shape index (κ3) is 9.83. The summed E-state index contributed by atoms with van der Waals surface area (Å²) in [6.45, 7) is 8.43. The van der Waals surface area contributed by atoms with Crippen LogP contribution in [0.3, 0.4) is 0 Å². The second kappa shape index (κ2) is 6.02. The summed E-state index contributed by atoms with van der Waals surface area (Å²) in [5.74, 6) is 0. The minimum absolute atomic E-state index is 0.207. The Balaban J connectivity index is 4.23. The molecule has 0 spiro atoms. The molecule has 1 atom stereocenters. The average molecular weight is 265 g/mol. The molecule has 0 aliphatic heterocycles. The zero-order chi connectivity index (χ0) is 13.7. The number of hydrogen-bond acceptors (Lipinski definition) is 5. The lowest BCUT2D eigenvalue weighted by molar-refractivity contribution is 0.0502. The molecule has 0 aliphatic carbocycles. The van der Waals surface area contributed by atoms with Crippen LogP contribution < -0.4 is 5.32 Å². The molecule has 0 rings (SSSR count). The lowest BCUT2D eigenvalue weighted by atomic mass is 10.2. The molecule has 17 heavy (non-hydrogen) atoms. The molecule has 0 aromatic rings. The van der Waals surface area contributed by atoms with Gasteiger partial charge in [0.1, 0.15) is 5.60 Å². The monoisotopic (exact) mass is 265 g/mol. The van der Waals surface area contributed by atoms with E-state index >= 15 is 0 Å². The summed E-state index contributed by atoms with van der Waals surface area (Å²) in [6, 6.07) is -0.625. The van der Waals surface area contributed by atoms with E-state index in [4.69, 9.17) is 4.74 Å². The minimum atomic E-state index is -3.54. The topological polar surface area (TPSA) is 81.7 Å². The molecule has 100 valence electrons. The first kappa shape index (κ1) is 15.9. The number of rotatable bonds is 5. The molecule has 1 N–H and O–H groups in total. The fraction of sp³-hybridized carbons (Fsp3) is 0.700. The highest BCUT2D eigenvalue weighted by Gasteiger charge is 2.19. The lowest BCUT2D eigenvalue weighted by Crippen LogP contribution is -2.40. The Bertz CT molecular complexity index is 369. The molecule has 7 heteroatoms. The van der Waals surface area contributed by atoms with Crippen LogP contribution in [0.1, 0.15) is 20.8 Å². The van der Waals surface area contributed by atoms with Gasteiger partial charge in [0.2, 0.25) is 0 Å². The van der Waals surface area contributed by atoms with E-state index in [1.807, 2.05) is 0 Å². The molecule has 6 nitrogen and oxygen atoms in total. The van der Waals surface area contributed by atoms with Crippen molar-refractivity contribution in [2.75, 3.05) is 12.9 Å². The van der Waals surface area contributed by atoms with Crippen molar-refractivity contribution in [2.24, 2.45) is 0 Å². The largest absolute Gasteiger partial charge is 0.444 e. The zero-order valence-electron chi connectivity index (χ0n) is 10.5. The van der Waals surface area contributed by atoms with Crippen molar-refractivity contribution in [3.05, 3.63) is 12.7 Å². The Hall–Kier alpha value is -1.08. The third-order valence-electron chi connectivity index (χ3n) is 1.45. The van der Waals surface area contributed by atoms with Gasteiger partial charge in [-0.2, -0.15) is 8.42 Å². The second-order valence-corrected chi connectivity index (χ2v) is 6.12. The van der Waals surface area contributed by atoms with Crippen LogP contribution >= 0.6 is 0 Å². The first-order valence-corrected chi connectivity index (χ1v) is 6.81. The Morgan fingerprint density at radius 3 is 2.35 bits per heavy atom. The second-order valence-electron chi connectivity index (χ2n) is 4.48. The minimum Gasteiger partial charge on any atom is -0.444 e. The Kier molecular flexibility index (Phi) is 5.63. The van der Waals surface area contributed by atoms with Gasteiger partial charge in [-0.05, 0) is 20.8 Å². The summed E-state index contributed by atoms with van der Waals surface area (Å²) in [6.07, 6.45) is 1.65. The van der Waals surface area contributed by atoms with Gasteiger partial charge in [0, 0.05) is 0 Å². The van der Waals surface area contributed by atoms with Gasteiger partial charge >= 0.3 is 6.09 Å².